The number of hydrogen-bond donors (Lipinski definition) is 2. The topological polar surface area (TPSA) is 116 Å². The van der Waals surface area contributed by atoms with Gasteiger partial charge in [-0.15, -0.1) is 11.8 Å². The fraction of sp³-hybridized carbons (Fsp3) is 0.130. The minimum absolute atomic E-state index is 0.0715. The summed E-state index contributed by atoms with van der Waals surface area (Å²) in [4.78, 5) is 16.5. The average molecular weight is 414 g/mol. The first-order chi connectivity index (χ1) is 14.5. The molecule has 0 fully saturated rings. The predicted octanol–water partition coefficient (Wildman–Crippen LogP) is 4.50. The van der Waals surface area contributed by atoms with Gasteiger partial charge in [0, 0.05) is 23.4 Å². The van der Waals surface area contributed by atoms with Gasteiger partial charge in [-0.25, -0.2) is 4.98 Å². The molecule has 1 amide bonds. The standard InChI is InChI=1S/C23H19N5OS/c1-15-7-5-6-10-19(15)27-20(29)11-12-30-23-18(14-25)21(16-8-3-2-4-9-16)17(13-24)22(26)28-23/h2-10H,11-12H2,1H3,(H2,26,28)(H,27,29). The second-order valence-corrected chi connectivity index (χ2v) is 7.56. The Morgan fingerprint density at radius 3 is 2.40 bits per heavy atom. The van der Waals surface area contributed by atoms with Crippen LogP contribution < -0.4 is 11.1 Å². The van der Waals surface area contributed by atoms with Gasteiger partial charge in [-0.3, -0.25) is 4.79 Å². The monoisotopic (exact) mass is 413 g/mol. The molecule has 148 valence electrons. The maximum Gasteiger partial charge on any atom is 0.225 e. The number of nitrogens with zero attached hydrogens (tertiary/aromatic N) is 3. The Labute approximate surface area is 179 Å². The van der Waals surface area contributed by atoms with Crippen LogP contribution in [-0.2, 0) is 4.79 Å². The molecule has 6 nitrogen and oxygen atoms in total. The first kappa shape index (κ1) is 20.9. The molecule has 7 heteroatoms. The van der Waals surface area contributed by atoms with Crippen LogP contribution in [0.4, 0.5) is 11.5 Å². The van der Waals surface area contributed by atoms with Gasteiger partial charge in [-0.05, 0) is 24.1 Å². The third-order valence-corrected chi connectivity index (χ3v) is 5.44. The number of para-hydroxylation sites is 1. The number of thioether (sulfide) groups is 1. The molecule has 0 aliphatic rings. The smallest absolute Gasteiger partial charge is 0.225 e. The molecule has 0 bridgehead atoms. The fourth-order valence-electron chi connectivity index (χ4n) is 2.96. The van der Waals surface area contributed by atoms with Gasteiger partial charge in [0.1, 0.15) is 28.5 Å². The number of pyridine rings is 1. The molecule has 0 unspecified atom stereocenters. The summed E-state index contributed by atoms with van der Waals surface area (Å²) in [5, 5.41) is 22.6. The highest BCUT2D eigenvalue weighted by molar-refractivity contribution is 7.99. The predicted molar refractivity (Wildman–Crippen MR) is 119 cm³/mol. The number of nitrogens with two attached hydrogens (primary N) is 1. The number of rotatable bonds is 6. The summed E-state index contributed by atoms with van der Waals surface area (Å²) < 4.78 is 0. The number of nitrogens with one attached hydrogen (secondary N) is 1. The molecular formula is C23H19N5OS. The first-order valence-corrected chi connectivity index (χ1v) is 10.2. The molecule has 0 saturated heterocycles. The average Bonchev–Trinajstić information content (AvgIpc) is 2.75. The van der Waals surface area contributed by atoms with E-state index in [4.69, 9.17) is 5.73 Å². The maximum absolute atomic E-state index is 12.3. The molecule has 1 aromatic heterocycles. The summed E-state index contributed by atoms with van der Waals surface area (Å²) in [6.07, 6.45) is 0.242. The summed E-state index contributed by atoms with van der Waals surface area (Å²) >= 11 is 1.27. The van der Waals surface area contributed by atoms with Crippen molar-refractivity contribution < 1.29 is 4.79 Å². The zero-order chi connectivity index (χ0) is 21.5. The van der Waals surface area contributed by atoms with E-state index in [0.29, 0.717) is 16.3 Å². The van der Waals surface area contributed by atoms with E-state index in [2.05, 4.69) is 22.4 Å². The first-order valence-electron chi connectivity index (χ1n) is 9.22. The number of aromatic nitrogens is 1. The number of nitriles is 2. The lowest BCUT2D eigenvalue weighted by atomic mass is 9.97. The van der Waals surface area contributed by atoms with Crippen LogP contribution in [0, 0.1) is 29.6 Å². The number of amides is 1. The molecule has 1 heterocycles. The minimum atomic E-state index is -0.125. The molecule has 2 aromatic carbocycles. The van der Waals surface area contributed by atoms with Crippen molar-refractivity contribution in [1.29, 1.82) is 10.5 Å². The number of aryl methyl sites for hydroxylation is 1. The third-order valence-electron chi connectivity index (χ3n) is 4.47. The summed E-state index contributed by atoms with van der Waals surface area (Å²) in [7, 11) is 0. The normalized spacial score (nSPS) is 10.1. The fourth-order valence-corrected chi connectivity index (χ4v) is 3.90. The van der Waals surface area contributed by atoms with E-state index in [-0.39, 0.29) is 29.3 Å². The van der Waals surface area contributed by atoms with Gasteiger partial charge in [0.2, 0.25) is 5.91 Å². The largest absolute Gasteiger partial charge is 0.383 e. The lowest BCUT2D eigenvalue weighted by Crippen LogP contribution is -2.13. The Kier molecular flexibility index (Phi) is 6.69. The van der Waals surface area contributed by atoms with E-state index in [1.54, 1.807) is 0 Å². The lowest BCUT2D eigenvalue weighted by Gasteiger charge is -2.13. The van der Waals surface area contributed by atoms with Crippen LogP contribution >= 0.6 is 11.8 Å². The van der Waals surface area contributed by atoms with Crippen molar-refractivity contribution >= 4 is 29.2 Å². The Morgan fingerprint density at radius 2 is 1.73 bits per heavy atom. The van der Waals surface area contributed by atoms with Crippen molar-refractivity contribution in [3.05, 3.63) is 71.3 Å². The van der Waals surface area contributed by atoms with E-state index < -0.39 is 0 Å². The SMILES string of the molecule is Cc1ccccc1NC(=O)CCSc1nc(N)c(C#N)c(-c2ccccc2)c1C#N. The number of anilines is 2. The van der Waals surface area contributed by atoms with Gasteiger partial charge in [0.05, 0.1) is 5.56 Å². The van der Waals surface area contributed by atoms with Crippen LogP contribution in [0.5, 0.6) is 0 Å². The molecule has 3 rings (SSSR count). The molecule has 0 saturated carbocycles. The Balaban J connectivity index is 1.81. The summed E-state index contributed by atoms with van der Waals surface area (Å²) in [5.74, 6) is 0.362. The number of benzene rings is 2. The number of carbonyl (C=O) groups excluding carboxylic acids is 1. The highest BCUT2D eigenvalue weighted by Crippen LogP contribution is 2.35. The van der Waals surface area contributed by atoms with E-state index in [1.165, 1.54) is 11.8 Å². The van der Waals surface area contributed by atoms with Crippen molar-refractivity contribution in [2.24, 2.45) is 0 Å². The molecule has 0 aliphatic carbocycles. The highest BCUT2D eigenvalue weighted by atomic mass is 32.2. The summed E-state index contributed by atoms with van der Waals surface area (Å²) in [6.45, 7) is 1.93. The molecule has 3 N–H and O–H groups in total. The van der Waals surface area contributed by atoms with Crippen molar-refractivity contribution in [1.82, 2.24) is 4.98 Å². The van der Waals surface area contributed by atoms with Crippen LogP contribution in [-0.4, -0.2) is 16.6 Å². The van der Waals surface area contributed by atoms with E-state index >= 15 is 0 Å². The van der Waals surface area contributed by atoms with Gasteiger partial charge in [0.15, 0.2) is 0 Å². The van der Waals surface area contributed by atoms with Crippen molar-refractivity contribution in [2.45, 2.75) is 18.4 Å². The van der Waals surface area contributed by atoms with Crippen molar-refractivity contribution in [3.8, 4) is 23.3 Å². The number of hydrogen-bond acceptors (Lipinski definition) is 6. The molecule has 30 heavy (non-hydrogen) atoms. The van der Waals surface area contributed by atoms with Crippen LogP contribution in [0.2, 0.25) is 0 Å². The van der Waals surface area contributed by atoms with Gasteiger partial charge in [0.25, 0.3) is 0 Å². The molecule has 0 radical (unpaired) electrons. The van der Waals surface area contributed by atoms with Crippen LogP contribution in [0.15, 0.2) is 59.6 Å². The molecule has 3 aromatic rings. The number of carbonyl (C=O) groups is 1. The second-order valence-electron chi connectivity index (χ2n) is 6.48. The zero-order valence-corrected chi connectivity index (χ0v) is 17.2. The van der Waals surface area contributed by atoms with Crippen LogP contribution in [0.25, 0.3) is 11.1 Å². The highest BCUT2D eigenvalue weighted by Gasteiger charge is 2.20. The molecule has 0 spiro atoms. The van der Waals surface area contributed by atoms with Gasteiger partial charge >= 0.3 is 0 Å². The quantitative estimate of drug-likeness (QED) is 0.575. The minimum Gasteiger partial charge on any atom is -0.383 e. The molecule has 0 aliphatic heterocycles. The third kappa shape index (κ3) is 4.60. The van der Waals surface area contributed by atoms with E-state index in [1.807, 2.05) is 61.5 Å². The Hall–Kier alpha value is -3.81. The second kappa shape index (κ2) is 9.60. The lowest BCUT2D eigenvalue weighted by molar-refractivity contribution is -0.115. The molecular weight excluding hydrogens is 394 g/mol. The van der Waals surface area contributed by atoms with E-state index in [0.717, 1.165) is 16.8 Å². The summed E-state index contributed by atoms with van der Waals surface area (Å²) in [6, 6.07) is 20.9. The zero-order valence-electron chi connectivity index (χ0n) is 16.3. The van der Waals surface area contributed by atoms with Gasteiger partial charge in [-0.1, -0.05) is 48.5 Å². The van der Waals surface area contributed by atoms with Crippen LogP contribution in [0.3, 0.4) is 0 Å². The van der Waals surface area contributed by atoms with E-state index in [9.17, 15) is 15.3 Å². The van der Waals surface area contributed by atoms with Crippen LogP contribution in [0.1, 0.15) is 23.1 Å². The van der Waals surface area contributed by atoms with Gasteiger partial charge in [-0.2, -0.15) is 10.5 Å². The summed E-state index contributed by atoms with van der Waals surface area (Å²) in [5.41, 5.74) is 9.43. The van der Waals surface area contributed by atoms with Crippen molar-refractivity contribution in [2.75, 3.05) is 16.8 Å². The Bertz CT molecular complexity index is 1160. The molecule has 0 atom stereocenters. The number of nitrogen functional groups attached to an aromatic ring is 1. The maximum atomic E-state index is 12.3. The van der Waals surface area contributed by atoms with Gasteiger partial charge < -0.3 is 11.1 Å². The Morgan fingerprint density at radius 1 is 1.07 bits per heavy atom. The van der Waals surface area contributed by atoms with Crippen molar-refractivity contribution in [3.63, 3.8) is 0 Å².